The number of imidazole rings is 1. The van der Waals surface area contributed by atoms with Crippen LogP contribution in [-0.2, 0) is 6.54 Å². The molecule has 0 radical (unpaired) electrons. The zero-order valence-electron chi connectivity index (χ0n) is 16.1. The first-order valence-corrected chi connectivity index (χ1v) is 9.69. The second kappa shape index (κ2) is 7.67. The number of para-hydroxylation sites is 2. The van der Waals surface area contributed by atoms with Crippen molar-refractivity contribution in [3.63, 3.8) is 0 Å². The summed E-state index contributed by atoms with van der Waals surface area (Å²) in [5, 5.41) is 3.21. The summed E-state index contributed by atoms with van der Waals surface area (Å²) in [7, 11) is 0. The van der Waals surface area contributed by atoms with E-state index < -0.39 is 0 Å². The highest BCUT2D eigenvalue weighted by molar-refractivity contribution is 5.75. The average molecular weight is 393 g/mol. The van der Waals surface area contributed by atoms with Gasteiger partial charge >= 0.3 is 5.69 Å². The summed E-state index contributed by atoms with van der Waals surface area (Å²) in [5.41, 5.74) is 3.80. The average Bonchev–Trinajstić information content (AvgIpc) is 3.06. The first-order chi connectivity index (χ1) is 14.8. The molecule has 6 nitrogen and oxygen atoms in total. The van der Waals surface area contributed by atoms with Crippen molar-refractivity contribution in [3.05, 3.63) is 113 Å². The van der Waals surface area contributed by atoms with Gasteiger partial charge in [0.15, 0.2) is 5.65 Å². The van der Waals surface area contributed by atoms with Gasteiger partial charge in [-0.1, -0.05) is 66.7 Å². The standard InChI is InChI=1S/C24H19N5O/c30-24-28(17-18-10-4-1-5-11-18)21-16-25-23(26-19-12-6-2-7-13-19)27-22(21)29(24)20-14-8-3-9-15-20/h1-16H,17H2,(H,25,26,27). The lowest BCUT2D eigenvalue weighted by Gasteiger charge is -2.06. The van der Waals surface area contributed by atoms with Crippen LogP contribution >= 0.6 is 0 Å². The van der Waals surface area contributed by atoms with E-state index in [-0.39, 0.29) is 5.69 Å². The summed E-state index contributed by atoms with van der Waals surface area (Å²) in [6, 6.07) is 29.2. The van der Waals surface area contributed by atoms with Crippen molar-refractivity contribution < 1.29 is 0 Å². The van der Waals surface area contributed by atoms with E-state index in [1.165, 1.54) is 0 Å². The molecule has 1 N–H and O–H groups in total. The van der Waals surface area contributed by atoms with Crippen LogP contribution in [0.25, 0.3) is 16.9 Å². The van der Waals surface area contributed by atoms with Gasteiger partial charge in [-0.25, -0.2) is 14.3 Å². The minimum Gasteiger partial charge on any atom is -0.324 e. The molecule has 0 aliphatic carbocycles. The van der Waals surface area contributed by atoms with Crippen molar-refractivity contribution in [1.29, 1.82) is 0 Å². The third kappa shape index (κ3) is 3.35. The minimum atomic E-state index is -0.147. The van der Waals surface area contributed by atoms with E-state index in [4.69, 9.17) is 0 Å². The summed E-state index contributed by atoms with van der Waals surface area (Å²) < 4.78 is 3.35. The maximum absolute atomic E-state index is 13.4. The van der Waals surface area contributed by atoms with E-state index in [9.17, 15) is 4.79 Å². The molecule has 2 aromatic heterocycles. The molecule has 0 aliphatic rings. The molecule has 30 heavy (non-hydrogen) atoms. The molecular formula is C24H19N5O. The van der Waals surface area contributed by atoms with Crippen molar-refractivity contribution in [3.8, 4) is 5.69 Å². The summed E-state index contributed by atoms with van der Waals surface area (Å²) in [6.45, 7) is 0.449. The van der Waals surface area contributed by atoms with Gasteiger partial charge in [0, 0.05) is 5.69 Å². The fourth-order valence-electron chi connectivity index (χ4n) is 3.48. The van der Waals surface area contributed by atoms with E-state index in [1.807, 2.05) is 91.0 Å². The summed E-state index contributed by atoms with van der Waals surface area (Å²) in [4.78, 5) is 22.5. The maximum Gasteiger partial charge on any atom is 0.335 e. The Morgan fingerprint density at radius 1 is 0.800 bits per heavy atom. The van der Waals surface area contributed by atoms with E-state index in [2.05, 4.69) is 15.3 Å². The number of fused-ring (bicyclic) bond motifs is 1. The van der Waals surface area contributed by atoms with Gasteiger partial charge in [0.05, 0.1) is 18.4 Å². The van der Waals surface area contributed by atoms with Gasteiger partial charge in [-0.05, 0) is 29.8 Å². The number of rotatable bonds is 5. The third-order valence-electron chi connectivity index (χ3n) is 4.90. The minimum absolute atomic E-state index is 0.147. The zero-order chi connectivity index (χ0) is 20.3. The predicted molar refractivity (Wildman–Crippen MR) is 118 cm³/mol. The molecule has 5 aromatic rings. The largest absolute Gasteiger partial charge is 0.335 e. The smallest absolute Gasteiger partial charge is 0.324 e. The summed E-state index contributed by atoms with van der Waals surface area (Å²) in [6.07, 6.45) is 1.71. The van der Waals surface area contributed by atoms with Crippen molar-refractivity contribution in [2.75, 3.05) is 5.32 Å². The molecular weight excluding hydrogens is 374 g/mol. The second-order valence-corrected chi connectivity index (χ2v) is 6.92. The lowest BCUT2D eigenvalue weighted by Crippen LogP contribution is -2.23. The second-order valence-electron chi connectivity index (χ2n) is 6.92. The Hall–Kier alpha value is -4.19. The molecule has 0 aliphatic heterocycles. The van der Waals surface area contributed by atoms with Crippen molar-refractivity contribution >= 4 is 22.8 Å². The number of nitrogens with one attached hydrogen (secondary N) is 1. The van der Waals surface area contributed by atoms with Gasteiger partial charge in [-0.3, -0.25) is 4.57 Å². The fraction of sp³-hybridized carbons (Fsp3) is 0.0417. The first-order valence-electron chi connectivity index (χ1n) is 9.69. The predicted octanol–water partition coefficient (Wildman–Crippen LogP) is 4.37. The molecule has 2 heterocycles. The highest BCUT2D eigenvalue weighted by atomic mass is 16.1. The Morgan fingerprint density at radius 3 is 2.13 bits per heavy atom. The van der Waals surface area contributed by atoms with Crippen LogP contribution in [0.1, 0.15) is 5.56 Å². The van der Waals surface area contributed by atoms with E-state index in [0.717, 1.165) is 16.9 Å². The molecule has 0 saturated heterocycles. The lowest BCUT2D eigenvalue weighted by molar-refractivity contribution is 0.762. The SMILES string of the molecule is O=c1n(Cc2ccccc2)c2cnc(Nc3ccccc3)nc2n1-c1ccccc1. The molecule has 3 aromatic carbocycles. The zero-order valence-corrected chi connectivity index (χ0v) is 16.1. The first kappa shape index (κ1) is 17.9. The molecule has 0 fully saturated rings. The Morgan fingerprint density at radius 2 is 1.43 bits per heavy atom. The normalized spacial score (nSPS) is 10.9. The van der Waals surface area contributed by atoms with E-state index in [1.54, 1.807) is 15.3 Å². The van der Waals surface area contributed by atoms with Crippen LogP contribution in [0.15, 0.2) is 102 Å². The summed E-state index contributed by atoms with van der Waals surface area (Å²) >= 11 is 0. The van der Waals surface area contributed by atoms with Gasteiger partial charge in [-0.2, -0.15) is 4.98 Å². The molecule has 0 bridgehead atoms. The topological polar surface area (TPSA) is 64.7 Å². The molecule has 0 saturated carbocycles. The van der Waals surface area contributed by atoms with E-state index >= 15 is 0 Å². The molecule has 6 heteroatoms. The Balaban J connectivity index is 1.67. The maximum atomic E-state index is 13.4. The number of hydrogen-bond acceptors (Lipinski definition) is 4. The molecule has 0 amide bonds. The molecule has 0 unspecified atom stereocenters. The quantitative estimate of drug-likeness (QED) is 0.481. The Bertz CT molecular complexity index is 1340. The van der Waals surface area contributed by atoms with E-state index in [0.29, 0.717) is 23.7 Å². The molecule has 0 spiro atoms. The number of benzene rings is 3. The molecule has 5 rings (SSSR count). The van der Waals surface area contributed by atoms with Crippen LogP contribution in [-0.4, -0.2) is 19.1 Å². The number of anilines is 2. The van der Waals surface area contributed by atoms with Crippen LogP contribution in [0, 0.1) is 0 Å². The van der Waals surface area contributed by atoms with Gasteiger partial charge in [0.1, 0.15) is 5.52 Å². The molecule has 146 valence electrons. The monoisotopic (exact) mass is 393 g/mol. The number of aromatic nitrogens is 4. The highest BCUT2D eigenvalue weighted by Crippen LogP contribution is 2.19. The number of nitrogens with zero attached hydrogens (tertiary/aromatic N) is 4. The van der Waals surface area contributed by atoms with Crippen LogP contribution in [0.5, 0.6) is 0 Å². The van der Waals surface area contributed by atoms with Crippen molar-refractivity contribution in [2.24, 2.45) is 0 Å². The fourth-order valence-corrected chi connectivity index (χ4v) is 3.48. The van der Waals surface area contributed by atoms with Gasteiger partial charge in [0.25, 0.3) is 0 Å². The molecule has 0 atom stereocenters. The van der Waals surface area contributed by atoms with Crippen LogP contribution < -0.4 is 11.0 Å². The Kier molecular flexibility index (Phi) is 4.57. The highest BCUT2D eigenvalue weighted by Gasteiger charge is 2.17. The van der Waals surface area contributed by atoms with Crippen LogP contribution in [0.2, 0.25) is 0 Å². The number of hydrogen-bond donors (Lipinski definition) is 1. The van der Waals surface area contributed by atoms with Gasteiger partial charge in [0.2, 0.25) is 5.95 Å². The lowest BCUT2D eigenvalue weighted by atomic mass is 10.2. The van der Waals surface area contributed by atoms with Crippen LogP contribution in [0.3, 0.4) is 0 Å². The third-order valence-corrected chi connectivity index (χ3v) is 4.90. The van der Waals surface area contributed by atoms with Gasteiger partial charge in [-0.15, -0.1) is 0 Å². The van der Waals surface area contributed by atoms with Gasteiger partial charge < -0.3 is 5.32 Å². The van der Waals surface area contributed by atoms with Crippen molar-refractivity contribution in [1.82, 2.24) is 19.1 Å². The Labute approximate surface area is 173 Å². The van der Waals surface area contributed by atoms with Crippen LogP contribution in [0.4, 0.5) is 11.6 Å². The van der Waals surface area contributed by atoms with Crippen molar-refractivity contribution in [2.45, 2.75) is 6.54 Å². The summed E-state index contributed by atoms with van der Waals surface area (Å²) in [5.74, 6) is 0.440.